The molecule has 0 saturated carbocycles. The molecular weight excluding hydrogens is 332 g/mol. The van der Waals surface area contributed by atoms with Crippen LogP contribution in [0.25, 0.3) is 10.3 Å². The first-order chi connectivity index (χ1) is 11.0. The maximum atomic E-state index is 12.5. The minimum Gasteiger partial charge on any atom is -0.410 e. The second kappa shape index (κ2) is 6.51. The van der Waals surface area contributed by atoms with Gasteiger partial charge in [0, 0.05) is 18.4 Å². The molecule has 6 nitrogen and oxygen atoms in total. The highest BCUT2D eigenvalue weighted by Gasteiger charge is 2.23. The maximum Gasteiger partial charge on any atom is 0.421 e. The third-order valence-electron chi connectivity index (χ3n) is 3.04. The van der Waals surface area contributed by atoms with Crippen LogP contribution in [0.5, 0.6) is 5.75 Å². The Morgan fingerprint density at radius 2 is 1.96 bits per heavy atom. The van der Waals surface area contributed by atoms with Gasteiger partial charge in [0.1, 0.15) is 26.3 Å². The molecule has 23 heavy (non-hydrogen) atoms. The van der Waals surface area contributed by atoms with Gasteiger partial charge in [-0.25, -0.2) is 14.8 Å². The van der Waals surface area contributed by atoms with Gasteiger partial charge in [0.15, 0.2) is 0 Å². The lowest BCUT2D eigenvalue weighted by Gasteiger charge is -2.24. The fourth-order valence-corrected chi connectivity index (χ4v) is 3.10. The normalized spacial score (nSPS) is 11.0. The van der Waals surface area contributed by atoms with E-state index in [-0.39, 0.29) is 6.04 Å². The number of anilines is 1. The van der Waals surface area contributed by atoms with Crippen molar-refractivity contribution in [1.29, 1.82) is 0 Å². The molecule has 0 fully saturated rings. The molecule has 118 valence electrons. The molecule has 8 heteroatoms. The van der Waals surface area contributed by atoms with E-state index in [1.54, 1.807) is 30.6 Å². The van der Waals surface area contributed by atoms with E-state index in [0.717, 1.165) is 10.3 Å². The van der Waals surface area contributed by atoms with Crippen molar-refractivity contribution in [1.82, 2.24) is 15.0 Å². The first-order valence-corrected chi connectivity index (χ1v) is 8.18. The molecule has 0 radical (unpaired) electrons. The summed E-state index contributed by atoms with van der Waals surface area (Å²) in [4.78, 5) is 27.4. The van der Waals surface area contributed by atoms with E-state index < -0.39 is 6.09 Å². The molecule has 0 spiro atoms. The summed E-state index contributed by atoms with van der Waals surface area (Å²) in [5.74, 6) is 0.954. The Labute approximate surface area is 142 Å². The predicted octanol–water partition coefficient (Wildman–Crippen LogP) is 3.79. The molecule has 3 heterocycles. The zero-order valence-corrected chi connectivity index (χ0v) is 14.2. The lowest BCUT2D eigenvalue weighted by molar-refractivity contribution is 0.205. The van der Waals surface area contributed by atoms with Gasteiger partial charge in [-0.15, -0.1) is 12.6 Å². The van der Waals surface area contributed by atoms with Gasteiger partial charge in [-0.2, -0.15) is 0 Å². The number of carbonyl (C=O) groups is 1. The average molecular weight is 346 g/mol. The maximum absolute atomic E-state index is 12.5. The van der Waals surface area contributed by atoms with Crippen LogP contribution in [0.15, 0.2) is 41.0 Å². The van der Waals surface area contributed by atoms with Crippen LogP contribution < -0.4 is 9.64 Å². The molecule has 0 unspecified atom stereocenters. The van der Waals surface area contributed by atoms with Gasteiger partial charge in [0.05, 0.1) is 0 Å². The number of hydrogen-bond donors (Lipinski definition) is 1. The van der Waals surface area contributed by atoms with E-state index in [1.807, 2.05) is 19.9 Å². The number of amides is 1. The summed E-state index contributed by atoms with van der Waals surface area (Å²) >= 11 is 5.60. The quantitative estimate of drug-likeness (QED) is 0.731. The summed E-state index contributed by atoms with van der Waals surface area (Å²) in [7, 11) is 0. The minimum atomic E-state index is -0.492. The van der Waals surface area contributed by atoms with Crippen LogP contribution in [0.1, 0.15) is 13.8 Å². The number of carbonyl (C=O) groups excluding carboxylic acids is 1. The summed E-state index contributed by atoms with van der Waals surface area (Å²) in [6, 6.07) is 6.72. The lowest BCUT2D eigenvalue weighted by Crippen LogP contribution is -2.39. The SMILES string of the molecule is CC(C)N(C(=O)Oc1ccncc1)c1ccc2nc(S)sc2n1. The van der Waals surface area contributed by atoms with E-state index >= 15 is 0 Å². The second-order valence-corrected chi connectivity index (χ2v) is 6.71. The van der Waals surface area contributed by atoms with Crippen molar-refractivity contribution in [3.63, 3.8) is 0 Å². The van der Waals surface area contributed by atoms with Crippen LogP contribution in [0, 0.1) is 0 Å². The van der Waals surface area contributed by atoms with Crippen molar-refractivity contribution >= 4 is 46.2 Å². The van der Waals surface area contributed by atoms with E-state index in [9.17, 15) is 4.79 Å². The largest absolute Gasteiger partial charge is 0.421 e. The van der Waals surface area contributed by atoms with E-state index in [2.05, 4.69) is 27.6 Å². The van der Waals surface area contributed by atoms with Crippen molar-refractivity contribution in [2.75, 3.05) is 4.90 Å². The molecule has 0 aliphatic carbocycles. The number of fused-ring (bicyclic) bond motifs is 1. The zero-order valence-electron chi connectivity index (χ0n) is 12.5. The van der Waals surface area contributed by atoms with Gasteiger partial charge in [-0.05, 0) is 38.1 Å². The molecule has 1 amide bonds. The zero-order chi connectivity index (χ0) is 16.4. The Morgan fingerprint density at radius 1 is 1.22 bits per heavy atom. The third kappa shape index (κ3) is 3.43. The number of thiol groups is 1. The summed E-state index contributed by atoms with van der Waals surface area (Å²) in [5.41, 5.74) is 0.759. The number of aromatic nitrogens is 3. The van der Waals surface area contributed by atoms with Gasteiger partial charge in [-0.1, -0.05) is 11.3 Å². The van der Waals surface area contributed by atoms with Crippen molar-refractivity contribution in [3.05, 3.63) is 36.7 Å². The second-order valence-electron chi connectivity index (χ2n) is 5.00. The molecule has 0 N–H and O–H groups in total. The summed E-state index contributed by atoms with van der Waals surface area (Å²) < 4.78 is 6.03. The van der Waals surface area contributed by atoms with Gasteiger partial charge in [0.25, 0.3) is 0 Å². The smallest absolute Gasteiger partial charge is 0.410 e. The molecular formula is C15H14N4O2S2. The molecule has 0 bridgehead atoms. The minimum absolute atomic E-state index is 0.113. The monoisotopic (exact) mass is 346 g/mol. The molecule has 0 saturated heterocycles. The van der Waals surface area contributed by atoms with Crippen LogP contribution in [-0.2, 0) is 0 Å². The lowest BCUT2D eigenvalue weighted by atomic mass is 10.3. The number of ether oxygens (including phenoxy) is 1. The highest BCUT2D eigenvalue weighted by Crippen LogP contribution is 2.26. The highest BCUT2D eigenvalue weighted by molar-refractivity contribution is 7.82. The Balaban J connectivity index is 1.91. The first-order valence-electron chi connectivity index (χ1n) is 6.92. The van der Waals surface area contributed by atoms with E-state index in [1.165, 1.54) is 16.2 Å². The van der Waals surface area contributed by atoms with E-state index in [0.29, 0.717) is 15.9 Å². The average Bonchev–Trinajstić information content (AvgIpc) is 2.87. The molecule has 3 aromatic rings. The Kier molecular flexibility index (Phi) is 4.44. The molecule has 0 atom stereocenters. The summed E-state index contributed by atoms with van der Waals surface area (Å²) in [6.45, 7) is 3.80. The van der Waals surface area contributed by atoms with Crippen LogP contribution in [0.3, 0.4) is 0 Å². The molecule has 3 rings (SSSR count). The molecule has 0 aliphatic rings. The molecule has 0 aliphatic heterocycles. The van der Waals surface area contributed by atoms with Gasteiger partial charge < -0.3 is 4.74 Å². The third-order valence-corrected chi connectivity index (χ3v) is 4.19. The number of rotatable bonds is 3. The Bertz CT molecular complexity index is 836. The Morgan fingerprint density at radius 3 is 2.65 bits per heavy atom. The highest BCUT2D eigenvalue weighted by atomic mass is 32.2. The van der Waals surface area contributed by atoms with Crippen molar-refractivity contribution < 1.29 is 9.53 Å². The summed E-state index contributed by atoms with van der Waals surface area (Å²) in [6.07, 6.45) is 2.64. The number of hydrogen-bond acceptors (Lipinski definition) is 7. The topological polar surface area (TPSA) is 68.2 Å². The summed E-state index contributed by atoms with van der Waals surface area (Å²) in [5, 5.41) is 0. The van der Waals surface area contributed by atoms with Gasteiger partial charge in [-0.3, -0.25) is 9.88 Å². The Hall–Kier alpha value is -2.19. The number of nitrogens with zero attached hydrogens (tertiary/aromatic N) is 4. The fourth-order valence-electron chi connectivity index (χ4n) is 2.06. The predicted molar refractivity (Wildman–Crippen MR) is 92.5 cm³/mol. The number of pyridine rings is 2. The van der Waals surface area contributed by atoms with Crippen molar-refractivity contribution in [2.24, 2.45) is 0 Å². The van der Waals surface area contributed by atoms with Gasteiger partial charge in [0.2, 0.25) is 0 Å². The number of thiazole rings is 1. The van der Waals surface area contributed by atoms with E-state index in [4.69, 9.17) is 4.74 Å². The van der Waals surface area contributed by atoms with Crippen LogP contribution in [0.4, 0.5) is 10.6 Å². The standard InChI is InChI=1S/C15H14N4O2S2/c1-9(2)19(15(20)21-10-5-7-16-8-6-10)12-4-3-11-13(18-12)23-14(22)17-11/h3-9H,1-2H3,(H,17,22). The van der Waals surface area contributed by atoms with Crippen LogP contribution in [0.2, 0.25) is 0 Å². The van der Waals surface area contributed by atoms with Crippen molar-refractivity contribution in [2.45, 2.75) is 24.2 Å². The van der Waals surface area contributed by atoms with Crippen LogP contribution in [-0.4, -0.2) is 27.1 Å². The van der Waals surface area contributed by atoms with Crippen molar-refractivity contribution in [3.8, 4) is 5.75 Å². The van der Waals surface area contributed by atoms with Gasteiger partial charge >= 0.3 is 6.09 Å². The molecule has 3 aromatic heterocycles. The first kappa shape index (κ1) is 15.7. The fraction of sp³-hybridized carbons (Fsp3) is 0.200. The van der Waals surface area contributed by atoms with Crippen LogP contribution >= 0.6 is 24.0 Å². The molecule has 0 aromatic carbocycles.